The molecule has 1 fully saturated rings. The maximum atomic E-state index is 13.4. The van der Waals surface area contributed by atoms with Gasteiger partial charge in [0.25, 0.3) is 5.91 Å². The number of morpholine rings is 1. The molecule has 2 aromatic carbocycles. The highest BCUT2D eigenvalue weighted by Gasteiger charge is 2.43. The van der Waals surface area contributed by atoms with Gasteiger partial charge in [0.1, 0.15) is 0 Å². The molecule has 1 saturated heterocycles. The Balaban J connectivity index is 1.65. The minimum Gasteiger partial charge on any atom is -0.503 e. The molecule has 0 bridgehead atoms. The largest absolute Gasteiger partial charge is 0.503 e. The van der Waals surface area contributed by atoms with Crippen LogP contribution in [0, 0.1) is 0 Å². The van der Waals surface area contributed by atoms with E-state index in [2.05, 4.69) is 11.8 Å². The van der Waals surface area contributed by atoms with E-state index < -0.39 is 23.5 Å². The number of aliphatic hydroxyl groups is 1. The van der Waals surface area contributed by atoms with Crippen molar-refractivity contribution in [3.05, 3.63) is 77.1 Å². The van der Waals surface area contributed by atoms with Crippen LogP contribution < -0.4 is 9.47 Å². The molecule has 0 saturated carbocycles. The lowest BCUT2D eigenvalue weighted by Crippen LogP contribution is -2.43. The molecule has 8 nitrogen and oxygen atoms in total. The van der Waals surface area contributed by atoms with E-state index >= 15 is 0 Å². The van der Waals surface area contributed by atoms with Crippen LogP contribution in [0.25, 0.3) is 6.08 Å². The summed E-state index contributed by atoms with van der Waals surface area (Å²) < 4.78 is 16.9. The van der Waals surface area contributed by atoms with Crippen LogP contribution in [0.4, 0.5) is 0 Å². The second-order valence-electron chi connectivity index (χ2n) is 9.34. The fourth-order valence-corrected chi connectivity index (χ4v) is 4.68. The van der Waals surface area contributed by atoms with Gasteiger partial charge in [-0.05, 0) is 35.8 Å². The Labute approximate surface area is 224 Å². The van der Waals surface area contributed by atoms with Crippen LogP contribution in [0.5, 0.6) is 11.5 Å². The van der Waals surface area contributed by atoms with E-state index in [9.17, 15) is 14.7 Å². The predicted molar refractivity (Wildman–Crippen MR) is 145 cm³/mol. The molecule has 1 atom stereocenters. The third kappa shape index (κ3) is 6.44. The van der Waals surface area contributed by atoms with E-state index in [1.54, 1.807) is 30.2 Å². The van der Waals surface area contributed by atoms with Crippen molar-refractivity contribution in [2.75, 3.05) is 53.1 Å². The highest BCUT2D eigenvalue weighted by atomic mass is 16.5. The molecule has 2 aliphatic rings. The number of amides is 1. The summed E-state index contributed by atoms with van der Waals surface area (Å²) in [5.74, 6) is -0.374. The highest BCUT2D eigenvalue weighted by molar-refractivity contribution is 6.14. The zero-order valence-electron chi connectivity index (χ0n) is 22.1. The lowest BCUT2D eigenvalue weighted by molar-refractivity contribution is -0.129. The van der Waals surface area contributed by atoms with Gasteiger partial charge in [-0.3, -0.25) is 14.5 Å². The summed E-state index contributed by atoms with van der Waals surface area (Å²) in [6, 6.07) is 14.1. The Morgan fingerprint density at radius 3 is 2.58 bits per heavy atom. The number of carbonyl (C=O) groups excluding carboxylic acids is 2. The van der Waals surface area contributed by atoms with Crippen LogP contribution in [-0.2, 0) is 14.3 Å². The number of ether oxygens (including phenoxy) is 3. The molecule has 1 unspecified atom stereocenters. The van der Waals surface area contributed by atoms with Gasteiger partial charge < -0.3 is 24.2 Å². The lowest BCUT2D eigenvalue weighted by Gasteiger charge is -2.31. The summed E-state index contributed by atoms with van der Waals surface area (Å²) in [7, 11) is 1.56. The Morgan fingerprint density at radius 2 is 1.87 bits per heavy atom. The van der Waals surface area contributed by atoms with Crippen LogP contribution in [0.3, 0.4) is 0 Å². The standard InChI is InChI=1S/C30H36N2O6/c1-3-4-18-38-25-13-11-23(21-26(25)36-2)28-27(24(33)12-10-22-8-6-5-7-9-22)29(34)30(35)32(28)15-14-31-16-19-37-20-17-31/h5-13,21,28,34H,3-4,14-20H2,1-2H3/b12-10+. The predicted octanol–water partition coefficient (Wildman–Crippen LogP) is 4.18. The number of carbonyl (C=O) groups is 2. The highest BCUT2D eigenvalue weighted by Crippen LogP contribution is 2.41. The molecule has 0 aliphatic carbocycles. The zero-order chi connectivity index (χ0) is 26.9. The van der Waals surface area contributed by atoms with Crippen LogP contribution in [0.15, 0.2) is 65.9 Å². The van der Waals surface area contributed by atoms with Crippen LogP contribution in [0.1, 0.15) is 36.9 Å². The normalized spacial score (nSPS) is 18.4. The first-order valence-electron chi connectivity index (χ1n) is 13.2. The molecule has 202 valence electrons. The number of benzene rings is 2. The van der Waals surface area contributed by atoms with Crippen molar-refractivity contribution in [1.29, 1.82) is 0 Å². The minimum absolute atomic E-state index is 0.0610. The molecule has 2 aromatic rings. The first kappa shape index (κ1) is 27.4. The fourth-order valence-electron chi connectivity index (χ4n) is 4.68. The van der Waals surface area contributed by atoms with Gasteiger partial charge in [-0.1, -0.05) is 55.8 Å². The SMILES string of the molecule is CCCCOc1ccc(C2C(C(=O)/C=C/c3ccccc3)=C(O)C(=O)N2CCN2CCOCC2)cc1OC. The number of methoxy groups -OCH3 is 1. The summed E-state index contributed by atoms with van der Waals surface area (Å²) in [5.41, 5.74) is 1.58. The quantitative estimate of drug-likeness (QED) is 0.332. The number of hydrogen-bond donors (Lipinski definition) is 1. The Hall–Kier alpha value is -3.62. The smallest absolute Gasteiger partial charge is 0.290 e. The second-order valence-corrected chi connectivity index (χ2v) is 9.34. The lowest BCUT2D eigenvalue weighted by atomic mass is 9.95. The van der Waals surface area contributed by atoms with E-state index in [1.807, 2.05) is 36.4 Å². The van der Waals surface area contributed by atoms with E-state index in [-0.39, 0.29) is 5.57 Å². The van der Waals surface area contributed by atoms with Gasteiger partial charge in [-0.15, -0.1) is 0 Å². The average Bonchev–Trinajstić information content (AvgIpc) is 3.21. The number of nitrogens with zero attached hydrogens (tertiary/aromatic N) is 2. The van der Waals surface area contributed by atoms with Crippen molar-refractivity contribution in [3.8, 4) is 11.5 Å². The van der Waals surface area contributed by atoms with Gasteiger partial charge in [0.05, 0.1) is 38.5 Å². The molecule has 1 amide bonds. The first-order chi connectivity index (χ1) is 18.5. The third-order valence-corrected chi connectivity index (χ3v) is 6.82. The molecule has 8 heteroatoms. The van der Waals surface area contributed by atoms with E-state index in [0.29, 0.717) is 50.0 Å². The van der Waals surface area contributed by atoms with Crippen molar-refractivity contribution in [3.63, 3.8) is 0 Å². The van der Waals surface area contributed by atoms with Crippen molar-refractivity contribution < 1.29 is 28.9 Å². The maximum Gasteiger partial charge on any atom is 0.290 e. The molecular formula is C30H36N2O6. The molecule has 2 aliphatic heterocycles. The van der Waals surface area contributed by atoms with Crippen molar-refractivity contribution in [2.24, 2.45) is 0 Å². The number of rotatable bonds is 12. The summed E-state index contributed by atoms with van der Waals surface area (Å²) in [5, 5.41) is 10.9. The monoisotopic (exact) mass is 520 g/mol. The van der Waals surface area contributed by atoms with Gasteiger partial charge in [-0.2, -0.15) is 0 Å². The van der Waals surface area contributed by atoms with E-state index in [1.165, 1.54) is 6.08 Å². The zero-order valence-corrected chi connectivity index (χ0v) is 22.1. The van der Waals surface area contributed by atoms with Crippen molar-refractivity contribution >= 4 is 17.8 Å². The number of ketones is 1. The minimum atomic E-state index is -0.755. The summed E-state index contributed by atoms with van der Waals surface area (Å²) in [4.78, 5) is 30.5. The molecule has 38 heavy (non-hydrogen) atoms. The number of unbranched alkanes of at least 4 members (excludes halogenated alkanes) is 1. The Kier molecular flexibility index (Phi) is 9.56. The van der Waals surface area contributed by atoms with E-state index in [4.69, 9.17) is 14.2 Å². The Morgan fingerprint density at radius 1 is 1.11 bits per heavy atom. The maximum absolute atomic E-state index is 13.4. The molecule has 0 radical (unpaired) electrons. The topological polar surface area (TPSA) is 88.5 Å². The number of allylic oxidation sites excluding steroid dienone is 1. The van der Waals surface area contributed by atoms with Gasteiger partial charge in [0.15, 0.2) is 23.0 Å². The molecule has 2 heterocycles. The van der Waals surface area contributed by atoms with Gasteiger partial charge in [0, 0.05) is 26.2 Å². The number of aliphatic hydroxyl groups excluding tert-OH is 1. The third-order valence-electron chi connectivity index (χ3n) is 6.82. The second kappa shape index (κ2) is 13.3. The summed E-state index contributed by atoms with van der Waals surface area (Å²) in [6.07, 6.45) is 5.02. The van der Waals surface area contributed by atoms with Crippen LogP contribution in [-0.4, -0.2) is 79.7 Å². The Bertz CT molecular complexity index is 1170. The van der Waals surface area contributed by atoms with Gasteiger partial charge >= 0.3 is 0 Å². The van der Waals surface area contributed by atoms with Gasteiger partial charge in [-0.25, -0.2) is 0 Å². The molecule has 0 spiro atoms. The van der Waals surface area contributed by atoms with Crippen molar-refractivity contribution in [2.45, 2.75) is 25.8 Å². The summed E-state index contributed by atoms with van der Waals surface area (Å²) >= 11 is 0. The van der Waals surface area contributed by atoms with Crippen molar-refractivity contribution in [1.82, 2.24) is 9.80 Å². The van der Waals surface area contributed by atoms with Gasteiger partial charge in [0.2, 0.25) is 0 Å². The molecule has 4 rings (SSSR count). The van der Waals surface area contributed by atoms with Crippen LogP contribution in [0.2, 0.25) is 0 Å². The fraction of sp³-hybridized carbons (Fsp3) is 0.400. The van der Waals surface area contributed by atoms with Crippen LogP contribution >= 0.6 is 0 Å². The van der Waals surface area contributed by atoms with E-state index in [0.717, 1.165) is 31.5 Å². The number of hydrogen-bond acceptors (Lipinski definition) is 7. The molecule has 1 N–H and O–H groups in total. The average molecular weight is 521 g/mol. The summed E-state index contributed by atoms with van der Waals surface area (Å²) in [6.45, 7) is 6.45. The molecule has 0 aromatic heterocycles. The molecular weight excluding hydrogens is 484 g/mol. The first-order valence-corrected chi connectivity index (χ1v) is 13.2.